The summed E-state index contributed by atoms with van der Waals surface area (Å²) in [4.78, 5) is 2.17. The highest BCUT2D eigenvalue weighted by Crippen LogP contribution is 2.19. The van der Waals surface area contributed by atoms with E-state index < -0.39 is 0 Å². The molecule has 0 aromatic heterocycles. The van der Waals surface area contributed by atoms with E-state index in [1.54, 1.807) is 12.1 Å². The molecule has 1 aromatic carbocycles. The van der Waals surface area contributed by atoms with Crippen LogP contribution in [0.4, 0.5) is 4.39 Å². The van der Waals surface area contributed by atoms with Gasteiger partial charge in [-0.3, -0.25) is 0 Å². The molecule has 0 saturated heterocycles. The number of ether oxygens (including phenoxy) is 1. The lowest BCUT2D eigenvalue weighted by atomic mass is 10.0. The Hall–Kier alpha value is -1.13. The minimum Gasteiger partial charge on any atom is -0.494 e. The van der Waals surface area contributed by atoms with Crippen molar-refractivity contribution >= 4 is 0 Å². The summed E-state index contributed by atoms with van der Waals surface area (Å²) in [6.07, 6.45) is 1.89. The fourth-order valence-corrected chi connectivity index (χ4v) is 2.10. The molecular formula is C15H25FN2O. The summed E-state index contributed by atoms with van der Waals surface area (Å²) in [5.74, 6) is 0.0138. The molecule has 0 bridgehead atoms. The molecule has 0 saturated carbocycles. The predicted molar refractivity (Wildman–Crippen MR) is 77.3 cm³/mol. The highest BCUT2D eigenvalue weighted by molar-refractivity contribution is 5.29. The van der Waals surface area contributed by atoms with Crippen molar-refractivity contribution in [2.75, 3.05) is 34.3 Å². The summed E-state index contributed by atoms with van der Waals surface area (Å²) < 4.78 is 18.6. The summed E-state index contributed by atoms with van der Waals surface area (Å²) >= 11 is 0. The summed E-state index contributed by atoms with van der Waals surface area (Å²) in [5.41, 5.74) is 1.00. The molecule has 0 spiro atoms. The Labute approximate surface area is 115 Å². The molecule has 0 aliphatic heterocycles. The molecule has 1 N–H and O–H groups in total. The maximum absolute atomic E-state index is 13.6. The Kier molecular flexibility index (Phi) is 6.81. The maximum Gasteiger partial charge on any atom is 0.165 e. The van der Waals surface area contributed by atoms with Gasteiger partial charge in [-0.15, -0.1) is 0 Å². The van der Waals surface area contributed by atoms with E-state index in [4.69, 9.17) is 4.74 Å². The minimum atomic E-state index is -0.289. The molecule has 19 heavy (non-hydrogen) atoms. The van der Waals surface area contributed by atoms with Crippen molar-refractivity contribution in [1.82, 2.24) is 10.2 Å². The molecule has 4 heteroatoms. The van der Waals surface area contributed by atoms with E-state index in [9.17, 15) is 4.39 Å². The summed E-state index contributed by atoms with van der Waals surface area (Å²) in [5, 5.41) is 3.45. The number of halogens is 1. The Morgan fingerprint density at radius 3 is 2.63 bits per heavy atom. The third-order valence-corrected chi connectivity index (χ3v) is 3.12. The first-order valence-corrected chi connectivity index (χ1v) is 6.77. The maximum atomic E-state index is 13.6. The van der Waals surface area contributed by atoms with Crippen molar-refractivity contribution < 1.29 is 9.13 Å². The molecule has 1 aromatic rings. The van der Waals surface area contributed by atoms with E-state index in [1.165, 1.54) is 7.11 Å². The van der Waals surface area contributed by atoms with Gasteiger partial charge in [0.25, 0.3) is 0 Å². The number of hydrogen-bond donors (Lipinski definition) is 1. The largest absolute Gasteiger partial charge is 0.494 e. The first-order chi connectivity index (χ1) is 9.06. The summed E-state index contributed by atoms with van der Waals surface area (Å²) in [7, 11) is 5.61. The standard InChI is InChI=1S/C15H25FN2O/c1-5-17-13(8-9-18(2)3)10-12-6-7-15(19-4)14(16)11-12/h6-7,11,13,17H,5,8-10H2,1-4H3. The van der Waals surface area contributed by atoms with Crippen LogP contribution in [0.15, 0.2) is 18.2 Å². The van der Waals surface area contributed by atoms with Crippen LogP contribution in [-0.2, 0) is 6.42 Å². The number of hydrogen-bond acceptors (Lipinski definition) is 3. The quantitative estimate of drug-likeness (QED) is 0.783. The second-order valence-corrected chi connectivity index (χ2v) is 5.02. The number of methoxy groups -OCH3 is 1. The van der Waals surface area contributed by atoms with E-state index in [1.807, 2.05) is 6.07 Å². The molecule has 1 unspecified atom stereocenters. The van der Waals surface area contributed by atoms with Gasteiger partial charge in [0.2, 0.25) is 0 Å². The second kappa shape index (κ2) is 8.12. The lowest BCUT2D eigenvalue weighted by Crippen LogP contribution is -2.34. The van der Waals surface area contributed by atoms with Crippen molar-refractivity contribution in [2.45, 2.75) is 25.8 Å². The first-order valence-electron chi connectivity index (χ1n) is 6.77. The second-order valence-electron chi connectivity index (χ2n) is 5.02. The number of rotatable bonds is 8. The summed E-state index contributed by atoms with van der Waals surface area (Å²) in [6.45, 7) is 4.05. The lowest BCUT2D eigenvalue weighted by Gasteiger charge is -2.20. The van der Waals surface area contributed by atoms with E-state index in [2.05, 4.69) is 31.2 Å². The average Bonchev–Trinajstić information content (AvgIpc) is 2.36. The molecule has 0 aliphatic carbocycles. The smallest absolute Gasteiger partial charge is 0.165 e. The van der Waals surface area contributed by atoms with Crippen molar-refractivity contribution in [3.63, 3.8) is 0 Å². The SMILES string of the molecule is CCNC(CCN(C)C)Cc1ccc(OC)c(F)c1. The molecule has 0 heterocycles. The number of benzene rings is 1. The molecule has 1 atom stereocenters. The van der Waals surface area contributed by atoms with Gasteiger partial charge < -0.3 is 15.0 Å². The van der Waals surface area contributed by atoms with Crippen LogP contribution in [0.1, 0.15) is 18.9 Å². The zero-order valence-electron chi connectivity index (χ0n) is 12.4. The molecule has 0 fully saturated rings. The average molecular weight is 268 g/mol. The van der Waals surface area contributed by atoms with Crippen LogP contribution in [0, 0.1) is 5.82 Å². The Bertz CT molecular complexity index is 382. The normalized spacial score (nSPS) is 12.7. The van der Waals surface area contributed by atoms with E-state index in [0.717, 1.165) is 31.5 Å². The van der Waals surface area contributed by atoms with Gasteiger partial charge in [-0.25, -0.2) is 4.39 Å². The van der Waals surface area contributed by atoms with Crippen molar-refractivity contribution in [1.29, 1.82) is 0 Å². The Morgan fingerprint density at radius 2 is 2.11 bits per heavy atom. The fraction of sp³-hybridized carbons (Fsp3) is 0.600. The predicted octanol–water partition coefficient (Wildman–Crippen LogP) is 2.31. The molecule has 0 amide bonds. The Morgan fingerprint density at radius 1 is 1.37 bits per heavy atom. The van der Waals surface area contributed by atoms with Gasteiger partial charge >= 0.3 is 0 Å². The fourth-order valence-electron chi connectivity index (χ4n) is 2.10. The first kappa shape index (κ1) is 15.9. The zero-order valence-corrected chi connectivity index (χ0v) is 12.4. The third kappa shape index (κ3) is 5.57. The molecule has 0 radical (unpaired) electrons. The third-order valence-electron chi connectivity index (χ3n) is 3.12. The van der Waals surface area contributed by atoms with E-state index >= 15 is 0 Å². The lowest BCUT2D eigenvalue weighted by molar-refractivity contribution is 0.358. The van der Waals surface area contributed by atoms with Crippen molar-refractivity contribution in [3.05, 3.63) is 29.6 Å². The highest BCUT2D eigenvalue weighted by atomic mass is 19.1. The molecule has 3 nitrogen and oxygen atoms in total. The van der Waals surface area contributed by atoms with Crippen LogP contribution in [0.5, 0.6) is 5.75 Å². The zero-order chi connectivity index (χ0) is 14.3. The van der Waals surface area contributed by atoms with Gasteiger partial charge in [0.05, 0.1) is 7.11 Å². The van der Waals surface area contributed by atoms with Gasteiger partial charge in [0.15, 0.2) is 11.6 Å². The van der Waals surface area contributed by atoms with Crippen LogP contribution in [0.2, 0.25) is 0 Å². The van der Waals surface area contributed by atoms with Crippen LogP contribution in [0.3, 0.4) is 0 Å². The van der Waals surface area contributed by atoms with Gasteiger partial charge in [-0.05, 0) is 57.7 Å². The van der Waals surface area contributed by atoms with Crippen molar-refractivity contribution in [3.8, 4) is 5.75 Å². The van der Waals surface area contributed by atoms with Crippen LogP contribution in [0.25, 0.3) is 0 Å². The van der Waals surface area contributed by atoms with Gasteiger partial charge in [-0.1, -0.05) is 13.0 Å². The van der Waals surface area contributed by atoms with E-state index in [0.29, 0.717) is 11.8 Å². The van der Waals surface area contributed by atoms with Gasteiger partial charge in [0, 0.05) is 6.04 Å². The molecule has 108 valence electrons. The van der Waals surface area contributed by atoms with Crippen molar-refractivity contribution in [2.24, 2.45) is 0 Å². The minimum absolute atomic E-state index is 0.289. The molecule has 0 aliphatic rings. The van der Waals surface area contributed by atoms with Gasteiger partial charge in [0.1, 0.15) is 0 Å². The summed E-state index contributed by atoms with van der Waals surface area (Å²) in [6, 6.07) is 5.57. The van der Waals surface area contributed by atoms with E-state index in [-0.39, 0.29) is 5.82 Å². The monoisotopic (exact) mass is 268 g/mol. The highest BCUT2D eigenvalue weighted by Gasteiger charge is 2.11. The number of likely N-dealkylation sites (N-methyl/N-ethyl adjacent to an activating group) is 1. The molecular weight excluding hydrogens is 243 g/mol. The van der Waals surface area contributed by atoms with Crippen LogP contribution >= 0.6 is 0 Å². The van der Waals surface area contributed by atoms with Crippen LogP contribution < -0.4 is 10.1 Å². The van der Waals surface area contributed by atoms with Gasteiger partial charge in [-0.2, -0.15) is 0 Å². The Balaban J connectivity index is 2.64. The number of nitrogens with zero attached hydrogens (tertiary/aromatic N) is 1. The molecule has 1 rings (SSSR count). The number of nitrogens with one attached hydrogen (secondary N) is 1. The topological polar surface area (TPSA) is 24.5 Å². The van der Waals surface area contributed by atoms with Crippen LogP contribution in [-0.4, -0.2) is 45.2 Å².